The standard InChI is InChI=1S/C20H26N4O3S/c1-2-27-20(26)22-16-9-7-15(8-10-16)18(25)23-19-21-17(14-28-19)13-24-11-5-3-4-6-12-24/h7-10,14H,2-6,11-13H2,1H3,(H,22,26)(H,21,23,25). The number of hydrogen-bond acceptors (Lipinski definition) is 6. The number of nitrogens with one attached hydrogen (secondary N) is 2. The lowest BCUT2D eigenvalue weighted by atomic mass is 10.2. The van der Waals surface area contributed by atoms with Crippen LogP contribution in [0.25, 0.3) is 0 Å². The number of aromatic nitrogens is 1. The van der Waals surface area contributed by atoms with Gasteiger partial charge in [-0.05, 0) is 57.1 Å². The molecule has 0 atom stereocenters. The van der Waals surface area contributed by atoms with E-state index in [1.807, 2.05) is 5.38 Å². The molecule has 1 aliphatic heterocycles. The van der Waals surface area contributed by atoms with Gasteiger partial charge in [0, 0.05) is 23.2 Å². The van der Waals surface area contributed by atoms with Gasteiger partial charge in [0.05, 0.1) is 12.3 Å². The maximum Gasteiger partial charge on any atom is 0.411 e. The van der Waals surface area contributed by atoms with Crippen LogP contribution in [0.3, 0.4) is 0 Å². The summed E-state index contributed by atoms with van der Waals surface area (Å²) in [5, 5.41) is 8.05. The van der Waals surface area contributed by atoms with Crippen LogP contribution in [0.1, 0.15) is 48.7 Å². The van der Waals surface area contributed by atoms with Crippen molar-refractivity contribution in [2.75, 3.05) is 30.3 Å². The van der Waals surface area contributed by atoms with Crippen LogP contribution in [-0.4, -0.2) is 41.6 Å². The third-order valence-corrected chi connectivity index (χ3v) is 5.33. The Morgan fingerprint density at radius 1 is 1.11 bits per heavy atom. The summed E-state index contributed by atoms with van der Waals surface area (Å²) in [6, 6.07) is 6.64. The minimum atomic E-state index is -0.514. The minimum absolute atomic E-state index is 0.224. The minimum Gasteiger partial charge on any atom is -0.450 e. The van der Waals surface area contributed by atoms with E-state index in [9.17, 15) is 9.59 Å². The third kappa shape index (κ3) is 6.03. The van der Waals surface area contributed by atoms with E-state index in [1.54, 1.807) is 31.2 Å². The zero-order valence-corrected chi connectivity index (χ0v) is 16.9. The van der Waals surface area contributed by atoms with Crippen molar-refractivity contribution in [2.45, 2.75) is 39.2 Å². The molecule has 0 spiro atoms. The Bertz CT molecular complexity index is 783. The molecule has 1 saturated heterocycles. The molecule has 0 saturated carbocycles. The number of nitrogens with zero attached hydrogens (tertiary/aromatic N) is 2. The molecule has 2 amide bonds. The number of amides is 2. The second kappa shape index (κ2) is 10.2. The van der Waals surface area contributed by atoms with E-state index in [0.717, 1.165) is 25.3 Å². The molecule has 0 bridgehead atoms. The summed E-state index contributed by atoms with van der Waals surface area (Å²) in [7, 11) is 0. The molecular weight excluding hydrogens is 376 g/mol. The molecule has 150 valence electrons. The first-order chi connectivity index (χ1) is 13.6. The van der Waals surface area contributed by atoms with Gasteiger partial charge in [-0.2, -0.15) is 0 Å². The summed E-state index contributed by atoms with van der Waals surface area (Å²) in [5.74, 6) is -0.224. The van der Waals surface area contributed by atoms with Crippen molar-refractivity contribution in [3.8, 4) is 0 Å². The van der Waals surface area contributed by atoms with Gasteiger partial charge in [0.15, 0.2) is 5.13 Å². The highest BCUT2D eigenvalue weighted by molar-refractivity contribution is 7.13. The van der Waals surface area contributed by atoms with E-state index in [2.05, 4.69) is 20.5 Å². The van der Waals surface area contributed by atoms with E-state index in [0.29, 0.717) is 23.0 Å². The Balaban J connectivity index is 1.53. The molecule has 1 aromatic heterocycles. The highest BCUT2D eigenvalue weighted by Crippen LogP contribution is 2.20. The van der Waals surface area contributed by atoms with Crippen LogP contribution in [0.15, 0.2) is 29.6 Å². The van der Waals surface area contributed by atoms with Gasteiger partial charge in [0.25, 0.3) is 5.91 Å². The van der Waals surface area contributed by atoms with E-state index in [-0.39, 0.29) is 5.91 Å². The Kier molecular flexibility index (Phi) is 7.39. The molecule has 0 radical (unpaired) electrons. The average molecular weight is 403 g/mol. The van der Waals surface area contributed by atoms with Crippen LogP contribution in [0.2, 0.25) is 0 Å². The summed E-state index contributed by atoms with van der Waals surface area (Å²) in [6.07, 6.45) is 4.59. The van der Waals surface area contributed by atoms with Crippen LogP contribution in [0.4, 0.5) is 15.6 Å². The van der Waals surface area contributed by atoms with E-state index in [1.165, 1.54) is 37.0 Å². The van der Waals surface area contributed by atoms with Crippen molar-refractivity contribution in [2.24, 2.45) is 0 Å². The first-order valence-corrected chi connectivity index (χ1v) is 10.5. The summed E-state index contributed by atoms with van der Waals surface area (Å²) in [4.78, 5) is 30.8. The Hall–Kier alpha value is -2.45. The van der Waals surface area contributed by atoms with E-state index >= 15 is 0 Å². The zero-order chi connectivity index (χ0) is 19.8. The van der Waals surface area contributed by atoms with Crippen molar-refractivity contribution in [3.05, 3.63) is 40.9 Å². The van der Waals surface area contributed by atoms with E-state index < -0.39 is 6.09 Å². The Morgan fingerprint density at radius 3 is 2.50 bits per heavy atom. The lowest BCUT2D eigenvalue weighted by Gasteiger charge is -2.17. The predicted octanol–water partition coefficient (Wildman–Crippen LogP) is 4.34. The van der Waals surface area contributed by atoms with Gasteiger partial charge in [0.1, 0.15) is 0 Å². The van der Waals surface area contributed by atoms with Crippen molar-refractivity contribution < 1.29 is 14.3 Å². The topological polar surface area (TPSA) is 83.6 Å². The van der Waals surface area contributed by atoms with Gasteiger partial charge in [-0.15, -0.1) is 11.3 Å². The molecule has 8 heteroatoms. The number of thiazole rings is 1. The first kappa shape index (κ1) is 20.3. The van der Waals surface area contributed by atoms with Gasteiger partial charge in [0.2, 0.25) is 0 Å². The van der Waals surface area contributed by atoms with Gasteiger partial charge < -0.3 is 4.74 Å². The van der Waals surface area contributed by atoms with Crippen molar-refractivity contribution >= 4 is 34.2 Å². The Labute approximate surface area is 169 Å². The van der Waals surface area contributed by atoms with Crippen LogP contribution < -0.4 is 10.6 Å². The molecule has 1 aromatic carbocycles. The monoisotopic (exact) mass is 402 g/mol. The van der Waals surface area contributed by atoms with Crippen LogP contribution in [-0.2, 0) is 11.3 Å². The molecule has 1 fully saturated rings. The number of rotatable bonds is 6. The molecule has 1 aliphatic rings. The molecule has 2 heterocycles. The van der Waals surface area contributed by atoms with Gasteiger partial charge in [-0.25, -0.2) is 9.78 Å². The summed E-state index contributed by atoms with van der Waals surface area (Å²) in [6.45, 7) is 5.11. The molecule has 0 unspecified atom stereocenters. The lowest BCUT2D eigenvalue weighted by Crippen LogP contribution is -2.24. The largest absolute Gasteiger partial charge is 0.450 e. The number of likely N-dealkylation sites (tertiary alicyclic amines) is 1. The smallest absolute Gasteiger partial charge is 0.411 e. The molecule has 7 nitrogen and oxygen atoms in total. The van der Waals surface area contributed by atoms with Crippen LogP contribution >= 0.6 is 11.3 Å². The van der Waals surface area contributed by atoms with E-state index in [4.69, 9.17) is 4.74 Å². The normalized spacial score (nSPS) is 14.9. The predicted molar refractivity (Wildman–Crippen MR) is 111 cm³/mol. The maximum atomic E-state index is 12.4. The number of carbonyl (C=O) groups is 2. The number of anilines is 2. The molecule has 2 N–H and O–H groups in total. The lowest BCUT2D eigenvalue weighted by molar-refractivity contribution is 0.102. The fourth-order valence-electron chi connectivity index (χ4n) is 3.12. The van der Waals surface area contributed by atoms with Gasteiger partial charge >= 0.3 is 6.09 Å². The zero-order valence-electron chi connectivity index (χ0n) is 16.1. The van der Waals surface area contributed by atoms with Crippen LogP contribution in [0.5, 0.6) is 0 Å². The quantitative estimate of drug-likeness (QED) is 0.751. The summed E-state index contributed by atoms with van der Waals surface area (Å²) >= 11 is 1.44. The molecule has 0 aliphatic carbocycles. The highest BCUT2D eigenvalue weighted by atomic mass is 32.1. The van der Waals surface area contributed by atoms with Crippen molar-refractivity contribution in [1.82, 2.24) is 9.88 Å². The van der Waals surface area contributed by atoms with Crippen molar-refractivity contribution in [3.63, 3.8) is 0 Å². The van der Waals surface area contributed by atoms with Gasteiger partial charge in [-0.1, -0.05) is 12.8 Å². The number of hydrogen-bond donors (Lipinski definition) is 2. The first-order valence-electron chi connectivity index (χ1n) is 9.66. The molecule has 3 rings (SSSR count). The van der Waals surface area contributed by atoms with Gasteiger partial charge in [-0.3, -0.25) is 20.3 Å². The number of benzene rings is 1. The van der Waals surface area contributed by atoms with Crippen molar-refractivity contribution in [1.29, 1.82) is 0 Å². The fourth-order valence-corrected chi connectivity index (χ4v) is 3.82. The van der Waals surface area contributed by atoms with Crippen LogP contribution in [0, 0.1) is 0 Å². The number of carbonyl (C=O) groups excluding carboxylic acids is 2. The fraction of sp³-hybridized carbons (Fsp3) is 0.450. The second-order valence-corrected chi connectivity index (χ2v) is 7.57. The third-order valence-electron chi connectivity index (χ3n) is 4.53. The highest BCUT2D eigenvalue weighted by Gasteiger charge is 2.13. The molecular formula is C20H26N4O3S. The second-order valence-electron chi connectivity index (χ2n) is 6.71. The SMILES string of the molecule is CCOC(=O)Nc1ccc(C(=O)Nc2nc(CN3CCCCCC3)cs2)cc1. The molecule has 2 aromatic rings. The number of ether oxygens (including phenoxy) is 1. The Morgan fingerprint density at radius 2 is 1.82 bits per heavy atom. The maximum absolute atomic E-state index is 12.4. The molecule has 28 heavy (non-hydrogen) atoms. The summed E-state index contributed by atoms with van der Waals surface area (Å²) < 4.78 is 4.83. The average Bonchev–Trinajstić information content (AvgIpc) is 2.95. The summed E-state index contributed by atoms with van der Waals surface area (Å²) in [5.41, 5.74) is 2.07.